The predicted molar refractivity (Wildman–Crippen MR) is 91.4 cm³/mol. The first kappa shape index (κ1) is 16.4. The maximum absolute atomic E-state index is 11.9. The third kappa shape index (κ3) is 3.88. The van der Waals surface area contributed by atoms with Gasteiger partial charge in [0.25, 0.3) is 0 Å². The van der Waals surface area contributed by atoms with Crippen LogP contribution in [0.15, 0.2) is 34.9 Å². The van der Waals surface area contributed by atoms with Gasteiger partial charge in [-0.3, -0.25) is 4.79 Å². The first-order valence-electron chi connectivity index (χ1n) is 8.41. The highest BCUT2D eigenvalue weighted by Gasteiger charge is 2.28. The van der Waals surface area contributed by atoms with E-state index >= 15 is 0 Å². The summed E-state index contributed by atoms with van der Waals surface area (Å²) < 4.78 is 5.30. The summed E-state index contributed by atoms with van der Waals surface area (Å²) in [7, 11) is 0. The molecule has 128 valence electrons. The molecule has 1 unspecified atom stereocenters. The lowest BCUT2D eigenvalue weighted by molar-refractivity contribution is -0.127. The monoisotopic (exact) mass is 329 g/mol. The van der Waals surface area contributed by atoms with Crippen LogP contribution in [0.4, 0.5) is 4.79 Å². The molecule has 1 aliphatic heterocycles. The van der Waals surface area contributed by atoms with E-state index < -0.39 is 0 Å². The average molecular weight is 329 g/mol. The number of amides is 3. The molecular formula is C18H23N3O3. The number of carbonyl (C=O) groups excluding carboxylic acids is 2. The summed E-state index contributed by atoms with van der Waals surface area (Å²) in [4.78, 5) is 25.6. The Labute approximate surface area is 141 Å². The Morgan fingerprint density at radius 2 is 2.21 bits per heavy atom. The molecule has 0 radical (unpaired) electrons. The van der Waals surface area contributed by atoms with Crippen molar-refractivity contribution in [2.75, 3.05) is 19.6 Å². The van der Waals surface area contributed by atoms with Crippen molar-refractivity contribution >= 4 is 22.9 Å². The van der Waals surface area contributed by atoms with E-state index in [1.165, 1.54) is 0 Å². The van der Waals surface area contributed by atoms with Gasteiger partial charge in [-0.1, -0.05) is 13.0 Å². The molecule has 0 spiro atoms. The van der Waals surface area contributed by atoms with Crippen LogP contribution in [0, 0.1) is 5.92 Å². The number of hydrogen-bond acceptors (Lipinski definition) is 3. The summed E-state index contributed by atoms with van der Waals surface area (Å²) in [5, 5.41) is 6.73. The Bertz CT molecular complexity index is 725. The quantitative estimate of drug-likeness (QED) is 0.855. The van der Waals surface area contributed by atoms with Crippen molar-refractivity contribution in [3.63, 3.8) is 0 Å². The molecule has 1 aliphatic rings. The van der Waals surface area contributed by atoms with Gasteiger partial charge in [0.1, 0.15) is 5.58 Å². The molecule has 1 atom stereocenters. The molecule has 0 saturated carbocycles. The van der Waals surface area contributed by atoms with Gasteiger partial charge in [-0.05, 0) is 30.2 Å². The Kier molecular flexibility index (Phi) is 5.03. The Balaban J connectivity index is 1.42. The highest BCUT2D eigenvalue weighted by Crippen LogP contribution is 2.18. The van der Waals surface area contributed by atoms with E-state index in [4.69, 9.17) is 4.42 Å². The molecule has 1 aromatic carbocycles. The van der Waals surface area contributed by atoms with Crippen LogP contribution in [0.1, 0.15) is 25.3 Å². The molecule has 24 heavy (non-hydrogen) atoms. The second-order valence-corrected chi connectivity index (χ2v) is 6.27. The van der Waals surface area contributed by atoms with E-state index in [0.717, 1.165) is 36.0 Å². The van der Waals surface area contributed by atoms with E-state index in [1.807, 2.05) is 29.2 Å². The summed E-state index contributed by atoms with van der Waals surface area (Å²) in [5.74, 6) is 0.398. The van der Waals surface area contributed by atoms with E-state index in [0.29, 0.717) is 19.5 Å². The third-order valence-corrected chi connectivity index (χ3v) is 4.31. The van der Waals surface area contributed by atoms with Crippen molar-refractivity contribution < 1.29 is 14.0 Å². The SMILES string of the molecule is CCCN1CC(CNC(=O)NCc2ccc3occc3c2)CC1=O. The Morgan fingerprint density at radius 1 is 1.33 bits per heavy atom. The second kappa shape index (κ2) is 7.38. The van der Waals surface area contributed by atoms with E-state index in [2.05, 4.69) is 17.6 Å². The van der Waals surface area contributed by atoms with Crippen LogP contribution in [-0.2, 0) is 11.3 Å². The number of furan rings is 1. The topological polar surface area (TPSA) is 74.6 Å². The number of urea groups is 1. The standard InChI is InChI=1S/C18H23N3O3/c1-2-6-21-12-14(9-17(21)22)11-20-18(23)19-10-13-3-4-16-15(8-13)5-7-24-16/h3-5,7-8,14H,2,6,9-12H2,1H3,(H2,19,20,23). The van der Waals surface area contributed by atoms with Gasteiger partial charge in [-0.2, -0.15) is 0 Å². The fourth-order valence-electron chi connectivity index (χ4n) is 3.08. The summed E-state index contributed by atoms with van der Waals surface area (Å²) in [6, 6.07) is 7.53. The molecule has 1 saturated heterocycles. The molecule has 0 aliphatic carbocycles. The molecule has 6 heteroatoms. The van der Waals surface area contributed by atoms with Gasteiger partial charge < -0.3 is 20.0 Å². The minimum atomic E-state index is -0.205. The van der Waals surface area contributed by atoms with Gasteiger partial charge in [-0.15, -0.1) is 0 Å². The first-order chi connectivity index (χ1) is 11.7. The van der Waals surface area contributed by atoms with Crippen LogP contribution < -0.4 is 10.6 Å². The van der Waals surface area contributed by atoms with Crippen LogP contribution in [0.3, 0.4) is 0 Å². The lowest BCUT2D eigenvalue weighted by Gasteiger charge is -2.15. The zero-order chi connectivity index (χ0) is 16.9. The van der Waals surface area contributed by atoms with E-state index in [1.54, 1.807) is 6.26 Å². The molecule has 2 heterocycles. The fourth-order valence-corrected chi connectivity index (χ4v) is 3.08. The van der Waals surface area contributed by atoms with Crippen molar-refractivity contribution in [3.05, 3.63) is 36.1 Å². The van der Waals surface area contributed by atoms with Crippen molar-refractivity contribution in [3.8, 4) is 0 Å². The van der Waals surface area contributed by atoms with Gasteiger partial charge in [0, 0.05) is 43.9 Å². The van der Waals surface area contributed by atoms with Gasteiger partial charge in [-0.25, -0.2) is 4.79 Å². The number of rotatable bonds is 6. The van der Waals surface area contributed by atoms with Gasteiger partial charge in [0.2, 0.25) is 5.91 Å². The normalized spacial score (nSPS) is 17.5. The highest BCUT2D eigenvalue weighted by atomic mass is 16.3. The molecule has 2 aromatic rings. The smallest absolute Gasteiger partial charge is 0.315 e. The van der Waals surface area contributed by atoms with Gasteiger partial charge in [0.05, 0.1) is 6.26 Å². The van der Waals surface area contributed by atoms with Crippen LogP contribution >= 0.6 is 0 Å². The Morgan fingerprint density at radius 3 is 3.04 bits per heavy atom. The summed E-state index contributed by atoms with van der Waals surface area (Å²) in [6.45, 7) is 4.59. The maximum atomic E-state index is 11.9. The number of nitrogens with one attached hydrogen (secondary N) is 2. The van der Waals surface area contributed by atoms with Gasteiger partial charge >= 0.3 is 6.03 Å². The molecule has 2 N–H and O–H groups in total. The maximum Gasteiger partial charge on any atom is 0.315 e. The predicted octanol–water partition coefficient (Wildman–Crippen LogP) is 2.49. The lowest BCUT2D eigenvalue weighted by Crippen LogP contribution is -2.38. The zero-order valence-electron chi connectivity index (χ0n) is 13.9. The van der Waals surface area contributed by atoms with E-state index in [-0.39, 0.29) is 17.9 Å². The summed E-state index contributed by atoms with van der Waals surface area (Å²) >= 11 is 0. The molecule has 1 fully saturated rings. The van der Waals surface area contributed by atoms with Gasteiger partial charge in [0.15, 0.2) is 0 Å². The van der Waals surface area contributed by atoms with Crippen LogP contribution in [-0.4, -0.2) is 36.5 Å². The molecule has 1 aromatic heterocycles. The lowest BCUT2D eigenvalue weighted by atomic mass is 10.1. The van der Waals surface area contributed by atoms with Crippen LogP contribution in [0.5, 0.6) is 0 Å². The number of benzene rings is 1. The molecule has 6 nitrogen and oxygen atoms in total. The Hall–Kier alpha value is -2.50. The number of fused-ring (bicyclic) bond motifs is 1. The molecule has 3 rings (SSSR count). The molecule has 0 bridgehead atoms. The van der Waals surface area contributed by atoms with Crippen molar-refractivity contribution in [2.24, 2.45) is 5.92 Å². The average Bonchev–Trinajstić information content (AvgIpc) is 3.17. The number of nitrogens with zero attached hydrogens (tertiary/aromatic N) is 1. The van der Waals surface area contributed by atoms with E-state index in [9.17, 15) is 9.59 Å². The third-order valence-electron chi connectivity index (χ3n) is 4.31. The van der Waals surface area contributed by atoms with Crippen molar-refractivity contribution in [1.29, 1.82) is 0 Å². The number of likely N-dealkylation sites (tertiary alicyclic amines) is 1. The van der Waals surface area contributed by atoms with Crippen LogP contribution in [0.25, 0.3) is 11.0 Å². The second-order valence-electron chi connectivity index (χ2n) is 6.27. The molecule has 3 amide bonds. The van der Waals surface area contributed by atoms with Crippen LogP contribution in [0.2, 0.25) is 0 Å². The summed E-state index contributed by atoms with van der Waals surface area (Å²) in [6.07, 6.45) is 3.14. The minimum Gasteiger partial charge on any atom is -0.464 e. The largest absolute Gasteiger partial charge is 0.464 e. The fraction of sp³-hybridized carbons (Fsp3) is 0.444. The van der Waals surface area contributed by atoms with Crippen molar-refractivity contribution in [2.45, 2.75) is 26.3 Å². The first-order valence-corrected chi connectivity index (χ1v) is 8.41. The minimum absolute atomic E-state index is 0.192. The zero-order valence-corrected chi connectivity index (χ0v) is 13.9. The summed E-state index contributed by atoms with van der Waals surface area (Å²) in [5.41, 5.74) is 1.86. The molecular weight excluding hydrogens is 306 g/mol. The van der Waals surface area contributed by atoms with Crippen molar-refractivity contribution in [1.82, 2.24) is 15.5 Å². The number of hydrogen-bond donors (Lipinski definition) is 2. The number of carbonyl (C=O) groups is 2. The highest BCUT2D eigenvalue weighted by molar-refractivity contribution is 5.79.